The topological polar surface area (TPSA) is 59.1 Å². The number of rotatable bonds is 4. The minimum atomic E-state index is 0.237. The van der Waals surface area contributed by atoms with Crippen LogP contribution in [0.4, 0.5) is 11.6 Å². The fourth-order valence-corrected chi connectivity index (χ4v) is 2.04. The molecule has 2 rings (SSSR count). The van der Waals surface area contributed by atoms with E-state index in [9.17, 15) is 0 Å². The van der Waals surface area contributed by atoms with Crippen molar-refractivity contribution in [2.45, 2.75) is 45.3 Å². The van der Waals surface area contributed by atoms with Crippen molar-refractivity contribution in [3.05, 3.63) is 11.9 Å². The molecule has 2 N–H and O–H groups in total. The van der Waals surface area contributed by atoms with Crippen molar-refractivity contribution in [3.63, 3.8) is 0 Å². The first kappa shape index (κ1) is 13.1. The van der Waals surface area contributed by atoms with Gasteiger partial charge in [0.2, 0.25) is 0 Å². The van der Waals surface area contributed by atoms with Crippen LogP contribution >= 0.6 is 0 Å². The lowest BCUT2D eigenvalue weighted by molar-refractivity contribution is 0.121. The molecule has 1 aliphatic heterocycles. The summed E-state index contributed by atoms with van der Waals surface area (Å²) in [4.78, 5) is 9.01. The Balaban J connectivity index is 2.18. The highest BCUT2D eigenvalue weighted by Crippen LogP contribution is 2.21. The van der Waals surface area contributed by atoms with Crippen LogP contribution in [-0.4, -0.2) is 35.8 Å². The maximum absolute atomic E-state index is 5.55. The van der Waals surface area contributed by atoms with Crippen molar-refractivity contribution < 1.29 is 4.74 Å². The first-order valence-corrected chi connectivity index (χ1v) is 6.55. The van der Waals surface area contributed by atoms with Crippen LogP contribution in [0.1, 0.15) is 38.9 Å². The number of aromatic nitrogens is 2. The molecule has 1 aliphatic rings. The van der Waals surface area contributed by atoms with Gasteiger partial charge in [-0.05, 0) is 13.3 Å². The van der Waals surface area contributed by atoms with Gasteiger partial charge in [0.25, 0.3) is 0 Å². The predicted molar refractivity (Wildman–Crippen MR) is 73.1 cm³/mol. The largest absolute Gasteiger partial charge is 0.376 e. The first-order chi connectivity index (χ1) is 8.60. The monoisotopic (exact) mass is 250 g/mol. The minimum Gasteiger partial charge on any atom is -0.376 e. The molecule has 0 saturated carbocycles. The lowest BCUT2D eigenvalue weighted by Crippen LogP contribution is -2.27. The van der Waals surface area contributed by atoms with E-state index in [1.165, 1.54) is 0 Å². The van der Waals surface area contributed by atoms with Crippen molar-refractivity contribution in [1.82, 2.24) is 9.97 Å². The van der Waals surface area contributed by atoms with Crippen LogP contribution in [0.3, 0.4) is 0 Å². The van der Waals surface area contributed by atoms with Gasteiger partial charge in [0.05, 0.1) is 12.1 Å². The Bertz CT molecular complexity index is 408. The Hall–Kier alpha value is -1.36. The fourth-order valence-electron chi connectivity index (χ4n) is 2.04. The Morgan fingerprint density at radius 3 is 2.61 bits per heavy atom. The standard InChI is InChI=1S/C13H22N4O/c1-8(2)13-16-11(14-4)7-12(17-13)15-10-5-6-18-9(10)3/h7-10H,5-6H2,1-4H3,(H2,14,15,16,17). The zero-order valence-electron chi connectivity index (χ0n) is 11.5. The molecular weight excluding hydrogens is 228 g/mol. The molecule has 100 valence electrons. The molecule has 2 atom stereocenters. The van der Waals surface area contributed by atoms with E-state index >= 15 is 0 Å². The van der Waals surface area contributed by atoms with E-state index in [1.807, 2.05) is 13.1 Å². The van der Waals surface area contributed by atoms with Gasteiger partial charge in [-0.25, -0.2) is 9.97 Å². The zero-order valence-corrected chi connectivity index (χ0v) is 11.5. The van der Waals surface area contributed by atoms with Gasteiger partial charge in [0.15, 0.2) is 0 Å². The Morgan fingerprint density at radius 2 is 2.06 bits per heavy atom. The van der Waals surface area contributed by atoms with E-state index < -0.39 is 0 Å². The highest BCUT2D eigenvalue weighted by molar-refractivity contribution is 5.48. The van der Waals surface area contributed by atoms with Crippen molar-refractivity contribution >= 4 is 11.6 Å². The lowest BCUT2D eigenvalue weighted by atomic mass is 10.1. The van der Waals surface area contributed by atoms with Crippen LogP contribution in [0.25, 0.3) is 0 Å². The van der Waals surface area contributed by atoms with Gasteiger partial charge in [-0.3, -0.25) is 0 Å². The SMILES string of the molecule is CNc1cc(NC2CCOC2C)nc(C(C)C)n1. The summed E-state index contributed by atoms with van der Waals surface area (Å²) in [5.74, 6) is 2.90. The summed E-state index contributed by atoms with van der Waals surface area (Å²) in [7, 11) is 1.87. The summed E-state index contributed by atoms with van der Waals surface area (Å²) in [5.41, 5.74) is 0. The average Bonchev–Trinajstić information content (AvgIpc) is 2.74. The van der Waals surface area contributed by atoms with E-state index in [4.69, 9.17) is 4.74 Å². The predicted octanol–water partition coefficient (Wildman–Crippen LogP) is 2.23. The number of nitrogens with one attached hydrogen (secondary N) is 2. The second-order valence-electron chi connectivity index (χ2n) is 5.02. The quantitative estimate of drug-likeness (QED) is 0.858. The summed E-state index contributed by atoms with van der Waals surface area (Å²) >= 11 is 0. The van der Waals surface area contributed by atoms with E-state index in [0.29, 0.717) is 12.0 Å². The van der Waals surface area contributed by atoms with Gasteiger partial charge in [-0.15, -0.1) is 0 Å². The molecule has 0 spiro atoms. The lowest BCUT2D eigenvalue weighted by Gasteiger charge is -2.18. The Labute approximate surface area is 108 Å². The molecule has 1 fully saturated rings. The van der Waals surface area contributed by atoms with E-state index in [1.54, 1.807) is 0 Å². The van der Waals surface area contributed by atoms with Gasteiger partial charge < -0.3 is 15.4 Å². The summed E-state index contributed by atoms with van der Waals surface area (Å²) in [6.45, 7) is 7.10. The first-order valence-electron chi connectivity index (χ1n) is 6.55. The maximum Gasteiger partial charge on any atom is 0.135 e. The maximum atomic E-state index is 5.55. The molecule has 1 aromatic heterocycles. The van der Waals surface area contributed by atoms with Crippen molar-refractivity contribution in [1.29, 1.82) is 0 Å². The summed E-state index contributed by atoms with van der Waals surface area (Å²) in [5, 5.41) is 6.52. The molecule has 18 heavy (non-hydrogen) atoms. The zero-order chi connectivity index (χ0) is 13.1. The molecule has 0 aliphatic carbocycles. The molecular formula is C13H22N4O. The molecule has 0 radical (unpaired) electrons. The van der Waals surface area contributed by atoms with Crippen LogP contribution in [-0.2, 0) is 4.74 Å². The van der Waals surface area contributed by atoms with Gasteiger partial charge in [-0.2, -0.15) is 0 Å². The van der Waals surface area contributed by atoms with E-state index in [2.05, 4.69) is 41.4 Å². The molecule has 0 bridgehead atoms. The highest BCUT2D eigenvalue weighted by atomic mass is 16.5. The molecule has 0 aromatic carbocycles. The van der Waals surface area contributed by atoms with Crippen molar-refractivity contribution in [2.75, 3.05) is 24.3 Å². The smallest absolute Gasteiger partial charge is 0.135 e. The highest BCUT2D eigenvalue weighted by Gasteiger charge is 2.24. The number of ether oxygens (including phenoxy) is 1. The van der Waals surface area contributed by atoms with E-state index in [0.717, 1.165) is 30.5 Å². The van der Waals surface area contributed by atoms with Crippen LogP contribution in [0.2, 0.25) is 0 Å². The molecule has 5 heteroatoms. The molecule has 1 saturated heterocycles. The number of hydrogen-bond acceptors (Lipinski definition) is 5. The molecule has 1 aromatic rings. The van der Waals surface area contributed by atoms with Crippen LogP contribution in [0.15, 0.2) is 6.07 Å². The van der Waals surface area contributed by atoms with E-state index in [-0.39, 0.29) is 6.10 Å². The number of hydrogen-bond donors (Lipinski definition) is 2. The van der Waals surface area contributed by atoms with Gasteiger partial charge in [0.1, 0.15) is 17.5 Å². The Morgan fingerprint density at radius 1 is 1.33 bits per heavy atom. The average molecular weight is 250 g/mol. The molecule has 2 heterocycles. The van der Waals surface area contributed by atoms with Gasteiger partial charge >= 0.3 is 0 Å². The molecule has 5 nitrogen and oxygen atoms in total. The fraction of sp³-hybridized carbons (Fsp3) is 0.692. The number of nitrogens with zero attached hydrogens (tertiary/aromatic N) is 2. The minimum absolute atomic E-state index is 0.237. The van der Waals surface area contributed by atoms with Crippen molar-refractivity contribution in [2.24, 2.45) is 0 Å². The second kappa shape index (κ2) is 5.52. The third kappa shape index (κ3) is 2.90. The third-order valence-corrected chi connectivity index (χ3v) is 3.23. The normalized spacial score (nSPS) is 23.4. The third-order valence-electron chi connectivity index (χ3n) is 3.23. The van der Waals surface area contributed by atoms with Crippen LogP contribution in [0, 0.1) is 0 Å². The van der Waals surface area contributed by atoms with Gasteiger partial charge in [-0.1, -0.05) is 13.8 Å². The summed E-state index contributed by atoms with van der Waals surface area (Å²) < 4.78 is 5.55. The van der Waals surface area contributed by atoms with Crippen LogP contribution < -0.4 is 10.6 Å². The molecule has 2 unspecified atom stereocenters. The summed E-state index contributed by atoms with van der Waals surface area (Å²) in [6.07, 6.45) is 1.26. The number of anilines is 2. The van der Waals surface area contributed by atoms with Crippen LogP contribution in [0.5, 0.6) is 0 Å². The van der Waals surface area contributed by atoms with Gasteiger partial charge in [0, 0.05) is 25.6 Å². The summed E-state index contributed by atoms with van der Waals surface area (Å²) in [6, 6.07) is 2.28. The molecule has 0 amide bonds. The van der Waals surface area contributed by atoms with Crippen molar-refractivity contribution in [3.8, 4) is 0 Å². The Kier molecular flexibility index (Phi) is 4.01. The second-order valence-corrected chi connectivity index (χ2v) is 5.02.